The normalized spacial score (nSPS) is 19.1. The number of ether oxygens (including phenoxy) is 1. The number of para-hydroxylation sites is 1. The third-order valence-electron chi connectivity index (χ3n) is 2.88. The predicted molar refractivity (Wildman–Crippen MR) is 67.2 cm³/mol. The van der Waals surface area contributed by atoms with Crippen molar-refractivity contribution in [2.45, 2.75) is 12.5 Å². The molecule has 1 aliphatic rings. The Balaban J connectivity index is 1.99. The Morgan fingerprint density at radius 3 is 2.83 bits per heavy atom. The molecule has 0 aliphatic carbocycles. The molecule has 2 amide bonds. The van der Waals surface area contributed by atoms with E-state index in [2.05, 4.69) is 5.32 Å². The van der Waals surface area contributed by atoms with Crippen LogP contribution in [0.25, 0.3) is 0 Å². The molecule has 1 saturated heterocycles. The maximum absolute atomic E-state index is 12.1. The first-order valence-electron chi connectivity index (χ1n) is 5.87. The molecule has 18 heavy (non-hydrogen) atoms. The van der Waals surface area contributed by atoms with Gasteiger partial charge < -0.3 is 15.0 Å². The van der Waals surface area contributed by atoms with Crippen LogP contribution in [0.3, 0.4) is 0 Å². The van der Waals surface area contributed by atoms with Crippen LogP contribution >= 0.6 is 0 Å². The second kappa shape index (κ2) is 5.64. The molecular weight excluding hydrogens is 232 g/mol. The van der Waals surface area contributed by atoms with Crippen molar-refractivity contribution < 1.29 is 14.3 Å². The van der Waals surface area contributed by atoms with Crippen LogP contribution in [0.1, 0.15) is 6.42 Å². The van der Waals surface area contributed by atoms with Crippen LogP contribution < -0.4 is 10.2 Å². The van der Waals surface area contributed by atoms with Crippen molar-refractivity contribution in [2.75, 3.05) is 25.2 Å². The fourth-order valence-corrected chi connectivity index (χ4v) is 2.05. The summed E-state index contributed by atoms with van der Waals surface area (Å²) in [5.74, 6) is -0.323. The van der Waals surface area contributed by atoms with Gasteiger partial charge in [-0.25, -0.2) is 0 Å². The van der Waals surface area contributed by atoms with Crippen molar-refractivity contribution in [2.24, 2.45) is 0 Å². The Morgan fingerprint density at radius 1 is 1.44 bits per heavy atom. The standard InChI is InChI=1S/C13H16N2O3/c1-18-9-12(16)14-11-7-8-15(13(11)17)10-5-3-2-4-6-10/h2-6,11H,7-9H2,1H3,(H,14,16)/t11-/m0/s1. The molecule has 2 rings (SSSR count). The Hall–Kier alpha value is -1.88. The molecule has 5 nitrogen and oxygen atoms in total. The zero-order valence-electron chi connectivity index (χ0n) is 10.3. The SMILES string of the molecule is COCC(=O)N[C@H]1CCN(c2ccccc2)C1=O. The first-order valence-corrected chi connectivity index (χ1v) is 5.87. The molecule has 1 atom stereocenters. The van der Waals surface area contributed by atoms with Gasteiger partial charge in [0.15, 0.2) is 0 Å². The van der Waals surface area contributed by atoms with Crippen LogP contribution in [0.15, 0.2) is 30.3 Å². The second-order valence-electron chi connectivity index (χ2n) is 4.17. The number of hydrogen-bond acceptors (Lipinski definition) is 3. The van der Waals surface area contributed by atoms with Gasteiger partial charge in [0.1, 0.15) is 12.6 Å². The molecule has 0 unspecified atom stereocenters. The minimum atomic E-state index is -0.437. The van der Waals surface area contributed by atoms with E-state index < -0.39 is 6.04 Å². The predicted octanol–water partition coefficient (Wildman–Crippen LogP) is 0.554. The number of methoxy groups -OCH3 is 1. The van der Waals surface area contributed by atoms with E-state index in [4.69, 9.17) is 4.74 Å². The minimum Gasteiger partial charge on any atom is -0.375 e. The highest BCUT2D eigenvalue weighted by atomic mass is 16.5. The van der Waals surface area contributed by atoms with E-state index in [0.29, 0.717) is 13.0 Å². The summed E-state index contributed by atoms with van der Waals surface area (Å²) in [6.07, 6.45) is 0.628. The topological polar surface area (TPSA) is 58.6 Å². The summed E-state index contributed by atoms with van der Waals surface area (Å²) < 4.78 is 4.72. The van der Waals surface area contributed by atoms with Gasteiger partial charge >= 0.3 is 0 Å². The van der Waals surface area contributed by atoms with Gasteiger partial charge in [0.05, 0.1) is 0 Å². The molecule has 0 aromatic heterocycles. The lowest BCUT2D eigenvalue weighted by molar-refractivity contribution is -0.128. The van der Waals surface area contributed by atoms with E-state index in [9.17, 15) is 9.59 Å². The molecule has 1 heterocycles. The Labute approximate surface area is 106 Å². The Morgan fingerprint density at radius 2 is 2.17 bits per heavy atom. The summed E-state index contributed by atoms with van der Waals surface area (Å²) in [5.41, 5.74) is 0.867. The summed E-state index contributed by atoms with van der Waals surface area (Å²) in [6.45, 7) is 0.607. The van der Waals surface area contributed by atoms with E-state index in [1.807, 2.05) is 30.3 Å². The number of benzene rings is 1. The zero-order chi connectivity index (χ0) is 13.0. The summed E-state index contributed by atoms with van der Waals surface area (Å²) in [5, 5.41) is 2.67. The fraction of sp³-hybridized carbons (Fsp3) is 0.385. The van der Waals surface area contributed by atoms with E-state index >= 15 is 0 Å². The number of carbonyl (C=O) groups is 2. The van der Waals surface area contributed by atoms with E-state index in [0.717, 1.165) is 5.69 Å². The average molecular weight is 248 g/mol. The van der Waals surface area contributed by atoms with Crippen LogP contribution in [0, 0.1) is 0 Å². The van der Waals surface area contributed by atoms with E-state index in [1.165, 1.54) is 7.11 Å². The minimum absolute atomic E-state index is 0.0187. The van der Waals surface area contributed by atoms with Crippen molar-refractivity contribution in [3.63, 3.8) is 0 Å². The molecular formula is C13H16N2O3. The number of hydrogen-bond donors (Lipinski definition) is 1. The number of carbonyl (C=O) groups excluding carboxylic acids is 2. The summed E-state index contributed by atoms with van der Waals surface area (Å²) >= 11 is 0. The van der Waals surface area contributed by atoms with Gasteiger partial charge in [-0.3, -0.25) is 9.59 Å². The molecule has 1 N–H and O–H groups in total. The highest BCUT2D eigenvalue weighted by Crippen LogP contribution is 2.20. The number of nitrogens with zero attached hydrogens (tertiary/aromatic N) is 1. The Kier molecular flexibility index (Phi) is 3.94. The van der Waals surface area contributed by atoms with Crippen LogP contribution in [-0.2, 0) is 14.3 Å². The smallest absolute Gasteiger partial charge is 0.249 e. The molecule has 1 aromatic rings. The van der Waals surface area contributed by atoms with Gasteiger partial charge in [0.2, 0.25) is 11.8 Å². The highest BCUT2D eigenvalue weighted by Gasteiger charge is 2.33. The first kappa shape index (κ1) is 12.6. The monoisotopic (exact) mass is 248 g/mol. The third-order valence-corrected chi connectivity index (χ3v) is 2.88. The number of nitrogens with one attached hydrogen (secondary N) is 1. The third kappa shape index (κ3) is 2.68. The Bertz CT molecular complexity index is 433. The molecule has 0 saturated carbocycles. The maximum atomic E-state index is 12.1. The van der Waals surface area contributed by atoms with Crippen LogP contribution in [-0.4, -0.2) is 38.1 Å². The zero-order valence-corrected chi connectivity index (χ0v) is 10.3. The van der Waals surface area contributed by atoms with Gasteiger partial charge in [0, 0.05) is 19.3 Å². The van der Waals surface area contributed by atoms with Crippen molar-refractivity contribution in [3.05, 3.63) is 30.3 Å². The molecule has 96 valence electrons. The lowest BCUT2D eigenvalue weighted by Crippen LogP contribution is -2.42. The van der Waals surface area contributed by atoms with Gasteiger partial charge in [-0.15, -0.1) is 0 Å². The molecule has 0 spiro atoms. The van der Waals surface area contributed by atoms with Crippen molar-refractivity contribution in [1.29, 1.82) is 0 Å². The van der Waals surface area contributed by atoms with Crippen LogP contribution in [0.5, 0.6) is 0 Å². The van der Waals surface area contributed by atoms with Crippen molar-refractivity contribution >= 4 is 17.5 Å². The fourth-order valence-electron chi connectivity index (χ4n) is 2.05. The quantitative estimate of drug-likeness (QED) is 0.846. The van der Waals surface area contributed by atoms with Crippen LogP contribution in [0.2, 0.25) is 0 Å². The van der Waals surface area contributed by atoms with Crippen LogP contribution in [0.4, 0.5) is 5.69 Å². The first-order chi connectivity index (χ1) is 8.72. The lowest BCUT2D eigenvalue weighted by Gasteiger charge is -2.17. The molecule has 5 heteroatoms. The number of amides is 2. The maximum Gasteiger partial charge on any atom is 0.249 e. The lowest BCUT2D eigenvalue weighted by atomic mass is 10.2. The summed E-state index contributed by atoms with van der Waals surface area (Å²) in [4.78, 5) is 25.2. The highest BCUT2D eigenvalue weighted by molar-refractivity contribution is 6.01. The summed E-state index contributed by atoms with van der Waals surface area (Å²) in [7, 11) is 1.45. The molecule has 1 fully saturated rings. The molecule has 1 aromatic carbocycles. The van der Waals surface area contributed by atoms with Gasteiger partial charge in [-0.2, -0.15) is 0 Å². The largest absolute Gasteiger partial charge is 0.375 e. The van der Waals surface area contributed by atoms with Gasteiger partial charge in [-0.1, -0.05) is 18.2 Å². The van der Waals surface area contributed by atoms with Gasteiger partial charge in [0.25, 0.3) is 0 Å². The van der Waals surface area contributed by atoms with E-state index in [1.54, 1.807) is 4.90 Å². The number of rotatable bonds is 4. The second-order valence-corrected chi connectivity index (χ2v) is 4.17. The van der Waals surface area contributed by atoms with Crippen molar-refractivity contribution in [1.82, 2.24) is 5.32 Å². The van der Waals surface area contributed by atoms with Crippen molar-refractivity contribution in [3.8, 4) is 0 Å². The van der Waals surface area contributed by atoms with E-state index in [-0.39, 0.29) is 18.4 Å². The average Bonchev–Trinajstić information content (AvgIpc) is 2.72. The molecule has 1 aliphatic heterocycles. The summed E-state index contributed by atoms with van der Waals surface area (Å²) in [6, 6.07) is 9.02. The van der Waals surface area contributed by atoms with Gasteiger partial charge in [-0.05, 0) is 18.6 Å². The molecule has 0 radical (unpaired) electrons. The number of anilines is 1. The molecule has 0 bridgehead atoms.